The molecule has 8 nitrogen and oxygen atoms in total. The van der Waals surface area contributed by atoms with Gasteiger partial charge in [0, 0.05) is 0 Å². The van der Waals surface area contributed by atoms with Crippen molar-refractivity contribution in [3.05, 3.63) is 72.8 Å². The van der Waals surface area contributed by atoms with Crippen molar-refractivity contribution in [2.24, 2.45) is 0 Å². The van der Waals surface area contributed by atoms with E-state index in [0.717, 1.165) is 33.4 Å². The molecule has 0 amide bonds. The lowest BCUT2D eigenvalue weighted by molar-refractivity contribution is 0.447. The number of aromatic nitrogens is 6. The highest BCUT2D eigenvalue weighted by molar-refractivity contribution is 5.77. The van der Waals surface area contributed by atoms with E-state index < -0.39 is 0 Å². The zero-order valence-corrected chi connectivity index (χ0v) is 15.6. The minimum atomic E-state index is -0.00262. The van der Waals surface area contributed by atoms with Crippen molar-refractivity contribution in [1.29, 1.82) is 0 Å². The van der Waals surface area contributed by atoms with Crippen LogP contribution in [-0.4, -0.2) is 36.2 Å². The summed E-state index contributed by atoms with van der Waals surface area (Å²) >= 11 is 0. The molecule has 3 heterocycles. The van der Waals surface area contributed by atoms with Gasteiger partial charge in [-0.25, -0.2) is 4.68 Å². The largest absolute Gasteiger partial charge is 0.362 e. The maximum atomic E-state index is 4.62. The lowest BCUT2D eigenvalue weighted by Crippen LogP contribution is -2.41. The Labute approximate surface area is 166 Å². The summed E-state index contributed by atoms with van der Waals surface area (Å²) in [5.74, 6) is 0. The fourth-order valence-corrected chi connectivity index (χ4v) is 3.90. The van der Waals surface area contributed by atoms with Gasteiger partial charge >= 0.3 is 0 Å². The molecule has 0 bridgehead atoms. The van der Waals surface area contributed by atoms with Gasteiger partial charge in [-0.1, -0.05) is 41.6 Å². The predicted molar refractivity (Wildman–Crippen MR) is 111 cm³/mol. The molecular weight excluding hydrogens is 364 g/mol. The van der Waals surface area contributed by atoms with Crippen LogP contribution in [0.4, 0.5) is 11.4 Å². The number of anilines is 2. The Morgan fingerprint density at radius 2 is 1.48 bits per heavy atom. The van der Waals surface area contributed by atoms with Gasteiger partial charge in [-0.3, -0.25) is 0 Å². The van der Waals surface area contributed by atoms with Gasteiger partial charge in [0.05, 0.1) is 23.4 Å². The molecule has 142 valence electrons. The molecule has 1 atom stereocenters. The van der Waals surface area contributed by atoms with Gasteiger partial charge in [0.1, 0.15) is 29.4 Å². The Morgan fingerprint density at radius 3 is 2.31 bits per heavy atom. The minimum Gasteiger partial charge on any atom is -0.362 e. The summed E-state index contributed by atoms with van der Waals surface area (Å²) in [6.45, 7) is 1.19. The SMILES string of the molecule is c1ccc2c(c1)NC(Cn1nc3ccccc3n1)N2Cn1nnc2ccccc21. The molecule has 5 aromatic rings. The summed E-state index contributed by atoms with van der Waals surface area (Å²) in [5.41, 5.74) is 5.93. The normalized spacial score (nSPS) is 15.7. The van der Waals surface area contributed by atoms with E-state index in [2.05, 4.69) is 48.9 Å². The first kappa shape index (κ1) is 16.1. The van der Waals surface area contributed by atoms with Crippen LogP contribution >= 0.6 is 0 Å². The topological polar surface area (TPSA) is 76.7 Å². The van der Waals surface area contributed by atoms with Gasteiger partial charge in [-0.2, -0.15) is 15.0 Å². The number of rotatable bonds is 4. The summed E-state index contributed by atoms with van der Waals surface area (Å²) in [4.78, 5) is 4.05. The number of benzene rings is 3. The molecule has 0 aliphatic carbocycles. The zero-order valence-electron chi connectivity index (χ0n) is 15.6. The van der Waals surface area contributed by atoms with Gasteiger partial charge < -0.3 is 10.2 Å². The first-order chi connectivity index (χ1) is 14.3. The van der Waals surface area contributed by atoms with Crippen LogP contribution in [0.2, 0.25) is 0 Å². The lowest BCUT2D eigenvalue weighted by atomic mass is 10.3. The Bertz CT molecular complexity index is 1290. The number of nitrogens with one attached hydrogen (secondary N) is 1. The monoisotopic (exact) mass is 382 g/mol. The molecule has 1 aliphatic heterocycles. The van der Waals surface area contributed by atoms with E-state index in [9.17, 15) is 0 Å². The number of hydrogen-bond acceptors (Lipinski definition) is 6. The Balaban J connectivity index is 1.36. The molecule has 1 aliphatic rings. The number of hydrogen-bond donors (Lipinski definition) is 1. The summed E-state index contributed by atoms with van der Waals surface area (Å²) in [7, 11) is 0. The first-order valence-electron chi connectivity index (χ1n) is 9.55. The Kier molecular flexibility index (Phi) is 3.49. The molecule has 0 saturated heterocycles. The molecule has 0 radical (unpaired) electrons. The molecule has 3 aromatic carbocycles. The van der Waals surface area contributed by atoms with E-state index in [1.807, 2.05) is 59.3 Å². The molecule has 0 spiro atoms. The van der Waals surface area contributed by atoms with Crippen LogP contribution < -0.4 is 10.2 Å². The second-order valence-corrected chi connectivity index (χ2v) is 7.11. The van der Waals surface area contributed by atoms with Crippen molar-refractivity contribution in [3.63, 3.8) is 0 Å². The van der Waals surface area contributed by atoms with Crippen LogP contribution in [0.1, 0.15) is 0 Å². The van der Waals surface area contributed by atoms with Gasteiger partial charge in [0.2, 0.25) is 0 Å². The number of fused-ring (bicyclic) bond motifs is 3. The Morgan fingerprint density at radius 1 is 0.793 bits per heavy atom. The maximum absolute atomic E-state index is 4.62. The number of nitrogens with zero attached hydrogens (tertiary/aromatic N) is 7. The van der Waals surface area contributed by atoms with Gasteiger partial charge in [-0.15, -0.1) is 5.10 Å². The highest BCUT2D eigenvalue weighted by Gasteiger charge is 2.30. The van der Waals surface area contributed by atoms with Crippen LogP contribution in [-0.2, 0) is 13.2 Å². The van der Waals surface area contributed by atoms with Gasteiger partial charge in [0.25, 0.3) is 0 Å². The lowest BCUT2D eigenvalue weighted by Gasteiger charge is -2.26. The standard InChI is InChI=1S/C21H18N8/c1-2-8-16-15(7-1)24-29(25-16)13-21-22-17-9-3-5-11-19(17)27(21)14-28-20-12-6-4-10-18(20)23-26-28/h1-12,21-22H,13-14H2. The van der Waals surface area contributed by atoms with Crippen LogP contribution in [0.5, 0.6) is 0 Å². The molecule has 6 rings (SSSR count). The van der Waals surface area contributed by atoms with Crippen molar-refractivity contribution >= 4 is 33.4 Å². The van der Waals surface area contributed by atoms with Crippen LogP contribution in [0.15, 0.2) is 72.8 Å². The number of para-hydroxylation sites is 3. The smallest absolute Gasteiger partial charge is 0.123 e. The van der Waals surface area contributed by atoms with Crippen molar-refractivity contribution < 1.29 is 0 Å². The molecule has 1 N–H and O–H groups in total. The summed E-state index contributed by atoms with van der Waals surface area (Å²) in [5, 5.41) is 21.5. The second-order valence-electron chi connectivity index (χ2n) is 7.11. The molecule has 2 aromatic heterocycles. The quantitative estimate of drug-likeness (QED) is 0.515. The van der Waals surface area contributed by atoms with Crippen LogP contribution in [0.25, 0.3) is 22.1 Å². The van der Waals surface area contributed by atoms with Gasteiger partial charge in [0.15, 0.2) is 0 Å². The minimum absolute atomic E-state index is 0.00262. The van der Waals surface area contributed by atoms with Crippen LogP contribution in [0, 0.1) is 0 Å². The molecule has 1 unspecified atom stereocenters. The fourth-order valence-electron chi connectivity index (χ4n) is 3.90. The van der Waals surface area contributed by atoms with E-state index in [0.29, 0.717) is 13.2 Å². The summed E-state index contributed by atoms with van der Waals surface area (Å²) in [6.07, 6.45) is -0.00262. The Hall–Kier alpha value is -3.94. The zero-order chi connectivity index (χ0) is 19.2. The van der Waals surface area contributed by atoms with E-state index in [1.54, 1.807) is 4.80 Å². The van der Waals surface area contributed by atoms with Crippen LogP contribution in [0.3, 0.4) is 0 Å². The van der Waals surface area contributed by atoms with Crippen molar-refractivity contribution in [3.8, 4) is 0 Å². The van der Waals surface area contributed by atoms with Crippen molar-refractivity contribution in [2.75, 3.05) is 10.2 Å². The van der Waals surface area contributed by atoms with E-state index in [1.165, 1.54) is 0 Å². The van der Waals surface area contributed by atoms with E-state index >= 15 is 0 Å². The molecule has 0 fully saturated rings. The highest BCUT2D eigenvalue weighted by Crippen LogP contribution is 2.35. The highest BCUT2D eigenvalue weighted by atomic mass is 15.5. The van der Waals surface area contributed by atoms with Crippen molar-refractivity contribution in [1.82, 2.24) is 30.0 Å². The van der Waals surface area contributed by atoms with E-state index in [-0.39, 0.29) is 6.17 Å². The van der Waals surface area contributed by atoms with Gasteiger partial charge in [-0.05, 0) is 36.4 Å². The predicted octanol–water partition coefficient (Wildman–Crippen LogP) is 3.09. The molecular formula is C21H18N8. The van der Waals surface area contributed by atoms with E-state index in [4.69, 9.17) is 0 Å². The summed E-state index contributed by atoms with van der Waals surface area (Å²) < 4.78 is 1.93. The first-order valence-corrected chi connectivity index (χ1v) is 9.55. The average Bonchev–Trinajstić information content (AvgIpc) is 3.44. The molecule has 29 heavy (non-hydrogen) atoms. The second kappa shape index (κ2) is 6.30. The third-order valence-corrected chi connectivity index (χ3v) is 5.28. The average molecular weight is 382 g/mol. The van der Waals surface area contributed by atoms with Crippen molar-refractivity contribution in [2.45, 2.75) is 19.4 Å². The molecule has 0 saturated carbocycles. The summed E-state index contributed by atoms with van der Waals surface area (Å²) in [6, 6.07) is 24.2. The molecule has 8 heteroatoms. The third-order valence-electron chi connectivity index (χ3n) is 5.28. The fraction of sp³-hybridized carbons (Fsp3) is 0.143. The maximum Gasteiger partial charge on any atom is 0.123 e. The third kappa shape index (κ3) is 2.68.